The normalized spacial score (nSPS) is 14.4. The molecule has 0 bridgehead atoms. The van der Waals surface area contributed by atoms with E-state index in [2.05, 4.69) is 19.9 Å². The van der Waals surface area contributed by atoms with Crippen LogP contribution < -0.4 is 9.46 Å². The molecule has 0 amide bonds. The van der Waals surface area contributed by atoms with E-state index in [0.717, 1.165) is 12.8 Å². The van der Waals surface area contributed by atoms with Crippen LogP contribution in [-0.2, 0) is 10.0 Å². The van der Waals surface area contributed by atoms with Gasteiger partial charge in [0.05, 0.1) is 12.8 Å². The molecule has 1 aliphatic rings. The molecule has 130 valence electrons. The minimum Gasteiger partial charge on any atom is -0.495 e. The van der Waals surface area contributed by atoms with Crippen molar-refractivity contribution in [3.63, 3.8) is 0 Å². The number of rotatable bonds is 6. The van der Waals surface area contributed by atoms with Gasteiger partial charge < -0.3 is 14.1 Å². The second kappa shape index (κ2) is 5.92. The number of aromatic amines is 1. The molecule has 4 rings (SSSR count). The topological polar surface area (TPSA) is 110 Å². The van der Waals surface area contributed by atoms with Crippen LogP contribution in [0.15, 0.2) is 45.8 Å². The highest BCUT2D eigenvalue weighted by atomic mass is 32.2. The summed E-state index contributed by atoms with van der Waals surface area (Å²) in [6, 6.07) is 8.25. The molecule has 2 N–H and O–H groups in total. The number of nitrogens with zero attached hydrogens (tertiary/aromatic N) is 2. The van der Waals surface area contributed by atoms with E-state index < -0.39 is 10.0 Å². The molecule has 2 aromatic heterocycles. The monoisotopic (exact) mass is 360 g/mol. The Kier molecular flexibility index (Phi) is 3.72. The zero-order valence-electron chi connectivity index (χ0n) is 13.4. The van der Waals surface area contributed by atoms with Gasteiger partial charge in [-0.25, -0.2) is 8.42 Å². The highest BCUT2D eigenvalue weighted by Gasteiger charge is 2.30. The maximum Gasteiger partial charge on any atom is 0.264 e. The Morgan fingerprint density at radius 1 is 1.28 bits per heavy atom. The molecule has 1 saturated carbocycles. The first kappa shape index (κ1) is 15.7. The molecule has 25 heavy (non-hydrogen) atoms. The van der Waals surface area contributed by atoms with Crippen LogP contribution in [0, 0.1) is 0 Å². The molecule has 0 unspecified atom stereocenters. The van der Waals surface area contributed by atoms with E-state index in [4.69, 9.17) is 9.15 Å². The summed E-state index contributed by atoms with van der Waals surface area (Å²) in [5.74, 6) is 1.65. The fourth-order valence-electron chi connectivity index (χ4n) is 2.42. The number of aromatic nitrogens is 3. The molecule has 8 nitrogen and oxygen atoms in total. The number of hydrogen-bond donors (Lipinski definition) is 2. The molecule has 0 aliphatic heterocycles. The van der Waals surface area contributed by atoms with Gasteiger partial charge in [0, 0.05) is 12.1 Å². The standard InChI is InChI=1S/C16H16N4O4S/c1-23-14-5-3-2-4-12(14)20-25(21,22)11-8-13(17-9-11)16-19-18-15(24-16)10-6-7-10/h2-5,8-10,17,20H,6-7H2,1H3. The van der Waals surface area contributed by atoms with Gasteiger partial charge in [0.25, 0.3) is 15.9 Å². The number of sulfonamides is 1. The first-order valence-electron chi connectivity index (χ1n) is 7.75. The number of ether oxygens (including phenoxy) is 1. The predicted octanol–water partition coefficient (Wildman–Crippen LogP) is 2.75. The van der Waals surface area contributed by atoms with Crippen molar-refractivity contribution in [3.8, 4) is 17.3 Å². The second-order valence-electron chi connectivity index (χ2n) is 5.77. The van der Waals surface area contributed by atoms with Crippen LogP contribution in [0.5, 0.6) is 5.75 Å². The molecule has 3 aromatic rings. The number of para-hydroxylation sites is 2. The molecule has 1 fully saturated rings. The third-order valence-corrected chi connectivity index (χ3v) is 5.26. The lowest BCUT2D eigenvalue weighted by Gasteiger charge is -2.10. The summed E-state index contributed by atoms with van der Waals surface area (Å²) in [5.41, 5.74) is 0.821. The van der Waals surface area contributed by atoms with Crippen LogP contribution in [-0.4, -0.2) is 30.7 Å². The van der Waals surface area contributed by atoms with Crippen LogP contribution >= 0.6 is 0 Å². The average molecular weight is 360 g/mol. The zero-order valence-corrected chi connectivity index (χ0v) is 14.2. The van der Waals surface area contributed by atoms with Crippen LogP contribution in [0.25, 0.3) is 11.6 Å². The van der Waals surface area contributed by atoms with Crippen molar-refractivity contribution in [1.82, 2.24) is 15.2 Å². The summed E-state index contributed by atoms with van der Waals surface area (Å²) in [5, 5.41) is 7.97. The van der Waals surface area contributed by atoms with Crippen molar-refractivity contribution in [2.75, 3.05) is 11.8 Å². The summed E-state index contributed by atoms with van der Waals surface area (Å²) in [6.07, 6.45) is 3.48. The Balaban J connectivity index is 1.59. The molecule has 1 aliphatic carbocycles. The predicted molar refractivity (Wildman–Crippen MR) is 89.9 cm³/mol. The van der Waals surface area contributed by atoms with E-state index in [9.17, 15) is 8.42 Å². The minimum absolute atomic E-state index is 0.0691. The Labute approximate surface area is 144 Å². The van der Waals surface area contributed by atoms with Crippen molar-refractivity contribution in [3.05, 3.63) is 42.4 Å². The number of methoxy groups -OCH3 is 1. The van der Waals surface area contributed by atoms with Gasteiger partial charge in [-0.2, -0.15) is 0 Å². The van der Waals surface area contributed by atoms with Gasteiger partial charge in [-0.3, -0.25) is 4.72 Å². The van der Waals surface area contributed by atoms with Crippen molar-refractivity contribution < 1.29 is 17.6 Å². The number of benzene rings is 1. The van der Waals surface area contributed by atoms with Crippen molar-refractivity contribution >= 4 is 15.7 Å². The van der Waals surface area contributed by atoms with Gasteiger partial charge in [0.1, 0.15) is 16.3 Å². The fourth-order valence-corrected chi connectivity index (χ4v) is 3.49. The molecule has 1 aromatic carbocycles. The summed E-state index contributed by atoms with van der Waals surface area (Å²) in [4.78, 5) is 2.94. The molecular weight excluding hydrogens is 344 g/mol. The van der Waals surface area contributed by atoms with Crippen molar-refractivity contribution in [2.45, 2.75) is 23.7 Å². The molecule has 0 spiro atoms. The first-order valence-corrected chi connectivity index (χ1v) is 9.23. The van der Waals surface area contributed by atoms with E-state index in [0.29, 0.717) is 28.9 Å². The maximum absolute atomic E-state index is 12.6. The second-order valence-corrected chi connectivity index (χ2v) is 7.46. The third-order valence-electron chi connectivity index (χ3n) is 3.92. The zero-order chi connectivity index (χ0) is 17.4. The Hall–Kier alpha value is -2.81. The van der Waals surface area contributed by atoms with E-state index in [-0.39, 0.29) is 10.8 Å². The molecule has 0 saturated heterocycles. The quantitative estimate of drug-likeness (QED) is 0.699. The summed E-state index contributed by atoms with van der Waals surface area (Å²) in [6.45, 7) is 0. The van der Waals surface area contributed by atoms with Gasteiger partial charge in [-0.1, -0.05) is 12.1 Å². The Bertz CT molecular complexity index is 1000. The van der Waals surface area contributed by atoms with Crippen LogP contribution in [0.4, 0.5) is 5.69 Å². The van der Waals surface area contributed by atoms with E-state index in [1.807, 2.05) is 0 Å². The lowest BCUT2D eigenvalue weighted by atomic mass is 10.3. The minimum atomic E-state index is -3.78. The number of hydrogen-bond acceptors (Lipinski definition) is 6. The summed E-state index contributed by atoms with van der Waals surface area (Å²) in [7, 11) is -2.30. The van der Waals surface area contributed by atoms with Gasteiger partial charge in [0.2, 0.25) is 5.89 Å². The van der Waals surface area contributed by atoms with E-state index in [1.54, 1.807) is 24.3 Å². The maximum atomic E-state index is 12.6. The van der Waals surface area contributed by atoms with E-state index in [1.165, 1.54) is 19.4 Å². The molecular formula is C16H16N4O4S. The van der Waals surface area contributed by atoms with Crippen LogP contribution in [0.2, 0.25) is 0 Å². The summed E-state index contributed by atoms with van der Waals surface area (Å²) >= 11 is 0. The van der Waals surface area contributed by atoms with Gasteiger partial charge in [-0.05, 0) is 31.0 Å². The largest absolute Gasteiger partial charge is 0.495 e. The van der Waals surface area contributed by atoms with E-state index >= 15 is 0 Å². The van der Waals surface area contributed by atoms with Crippen molar-refractivity contribution in [1.29, 1.82) is 0 Å². The summed E-state index contributed by atoms with van der Waals surface area (Å²) < 4.78 is 38.4. The smallest absolute Gasteiger partial charge is 0.264 e. The SMILES string of the molecule is COc1ccccc1NS(=O)(=O)c1c[nH]c(-c2nnc(C3CC3)o2)c1. The highest BCUT2D eigenvalue weighted by molar-refractivity contribution is 7.92. The van der Waals surface area contributed by atoms with Gasteiger partial charge in [0.15, 0.2) is 0 Å². The molecule has 9 heteroatoms. The molecule has 2 heterocycles. The first-order chi connectivity index (χ1) is 12.1. The lowest BCUT2D eigenvalue weighted by molar-refractivity contribution is 0.417. The highest BCUT2D eigenvalue weighted by Crippen LogP contribution is 2.40. The Morgan fingerprint density at radius 3 is 2.84 bits per heavy atom. The fraction of sp³-hybridized carbons (Fsp3) is 0.250. The number of anilines is 1. The third kappa shape index (κ3) is 3.10. The van der Waals surface area contributed by atoms with Crippen LogP contribution in [0.1, 0.15) is 24.7 Å². The number of H-pyrrole nitrogens is 1. The van der Waals surface area contributed by atoms with Gasteiger partial charge >= 0.3 is 0 Å². The average Bonchev–Trinajstić information content (AvgIpc) is 3.12. The van der Waals surface area contributed by atoms with Crippen molar-refractivity contribution in [2.24, 2.45) is 0 Å². The molecule has 0 atom stereocenters. The van der Waals surface area contributed by atoms with Crippen LogP contribution in [0.3, 0.4) is 0 Å². The van der Waals surface area contributed by atoms with Gasteiger partial charge in [-0.15, -0.1) is 10.2 Å². The number of nitrogens with one attached hydrogen (secondary N) is 2. The Morgan fingerprint density at radius 2 is 2.08 bits per heavy atom. The lowest BCUT2D eigenvalue weighted by Crippen LogP contribution is -2.12. The molecule has 0 radical (unpaired) electrons.